The lowest BCUT2D eigenvalue weighted by Gasteiger charge is -2.64. The van der Waals surface area contributed by atoms with E-state index in [1.165, 1.54) is 14.0 Å². The molecule has 4 aliphatic carbocycles. The van der Waals surface area contributed by atoms with Gasteiger partial charge in [0.25, 0.3) is 0 Å². The van der Waals surface area contributed by atoms with Gasteiger partial charge in [-0.2, -0.15) is 0 Å². The molecule has 2 N–H and O–H groups in total. The molecule has 5 fully saturated rings. The van der Waals surface area contributed by atoms with Crippen molar-refractivity contribution in [2.75, 3.05) is 13.7 Å². The number of ketones is 1. The molecule has 4 saturated carbocycles. The lowest BCUT2D eigenvalue weighted by atomic mass is 9.41. The van der Waals surface area contributed by atoms with Crippen LogP contribution in [0.5, 0.6) is 0 Å². The maximum atomic E-state index is 15.0. The van der Waals surface area contributed by atoms with Crippen LogP contribution < -0.4 is 10.6 Å². The van der Waals surface area contributed by atoms with Crippen LogP contribution in [0, 0.1) is 52.3 Å². The minimum Gasteiger partial charge on any atom is -0.469 e. The van der Waals surface area contributed by atoms with E-state index in [9.17, 15) is 14.4 Å². The summed E-state index contributed by atoms with van der Waals surface area (Å²) >= 11 is 0. The maximum Gasteiger partial charge on any atom is 0.305 e. The summed E-state index contributed by atoms with van der Waals surface area (Å²) in [4.78, 5) is 53.2. The van der Waals surface area contributed by atoms with Crippen LogP contribution >= 0.6 is 0 Å². The number of fused-ring (bicyclic) bond motifs is 5. The van der Waals surface area contributed by atoms with Crippen molar-refractivity contribution < 1.29 is 28.7 Å². The van der Waals surface area contributed by atoms with Crippen molar-refractivity contribution in [3.05, 3.63) is 0 Å². The van der Waals surface area contributed by atoms with Crippen molar-refractivity contribution in [1.82, 2.24) is 10.6 Å². The summed E-state index contributed by atoms with van der Waals surface area (Å²) in [5.41, 5.74) is -0.776. The molecule has 8 nitrogen and oxygen atoms in total. The fraction of sp³-hybridized carbons (Fsp3) is 0.879. The van der Waals surface area contributed by atoms with Crippen LogP contribution in [0.15, 0.2) is 0 Å². The molecule has 1 amide bonds. The third-order valence-electron chi connectivity index (χ3n) is 12.6. The Balaban J connectivity index is 1.56. The Kier molecular flexibility index (Phi) is 8.64. The van der Waals surface area contributed by atoms with Crippen LogP contribution in [0.4, 0.5) is 0 Å². The Bertz CT molecular complexity index is 1040. The zero-order valence-electron chi connectivity index (χ0n) is 26.0. The number of rotatable bonds is 7. The first-order valence-electron chi connectivity index (χ1n) is 16.2. The van der Waals surface area contributed by atoms with Gasteiger partial charge in [-0.3, -0.25) is 19.2 Å². The lowest BCUT2D eigenvalue weighted by Crippen LogP contribution is -2.70. The van der Waals surface area contributed by atoms with Gasteiger partial charge in [0.05, 0.1) is 19.2 Å². The number of hydrogen-bond donors (Lipinski definition) is 2. The summed E-state index contributed by atoms with van der Waals surface area (Å²) < 4.78 is 11.1. The van der Waals surface area contributed by atoms with E-state index in [-0.39, 0.29) is 70.8 Å². The second kappa shape index (κ2) is 11.6. The van der Waals surface area contributed by atoms with Gasteiger partial charge in [-0.05, 0) is 98.8 Å². The van der Waals surface area contributed by atoms with Gasteiger partial charge in [0.15, 0.2) is 5.78 Å². The van der Waals surface area contributed by atoms with Crippen LogP contribution in [0.3, 0.4) is 0 Å². The molecule has 1 saturated heterocycles. The van der Waals surface area contributed by atoms with Crippen LogP contribution in [0.2, 0.25) is 0 Å². The van der Waals surface area contributed by atoms with Gasteiger partial charge in [-0.25, -0.2) is 0 Å². The highest BCUT2D eigenvalue weighted by atomic mass is 16.5. The van der Waals surface area contributed by atoms with Crippen LogP contribution in [0.25, 0.3) is 0 Å². The Morgan fingerprint density at radius 3 is 2.54 bits per heavy atom. The van der Waals surface area contributed by atoms with Gasteiger partial charge in [0, 0.05) is 24.7 Å². The predicted octanol–water partition coefficient (Wildman–Crippen LogP) is 4.44. The summed E-state index contributed by atoms with van der Waals surface area (Å²) in [7, 11) is 1.41. The molecule has 0 bridgehead atoms. The molecular weight excluding hydrogens is 520 g/mol. The van der Waals surface area contributed by atoms with E-state index in [1.807, 2.05) is 0 Å². The van der Waals surface area contributed by atoms with Crippen molar-refractivity contribution in [3.8, 4) is 0 Å². The predicted molar refractivity (Wildman–Crippen MR) is 154 cm³/mol. The van der Waals surface area contributed by atoms with Gasteiger partial charge >= 0.3 is 11.9 Å². The van der Waals surface area contributed by atoms with Crippen LogP contribution in [-0.4, -0.2) is 55.5 Å². The number of Topliss-reactive ketones (excluding diaryl/α,β-unsaturated/α-hetero) is 1. The Labute approximate surface area is 245 Å². The number of nitrogens with one attached hydrogen (secondary N) is 2. The summed E-state index contributed by atoms with van der Waals surface area (Å²) in [5.74, 6) is 0.766. The Morgan fingerprint density at radius 1 is 1.12 bits per heavy atom. The van der Waals surface area contributed by atoms with E-state index in [0.717, 1.165) is 57.9 Å². The van der Waals surface area contributed by atoms with Crippen LogP contribution in [-0.2, 0) is 28.7 Å². The van der Waals surface area contributed by atoms with E-state index in [0.29, 0.717) is 24.7 Å². The first kappa shape index (κ1) is 30.5. The fourth-order valence-electron chi connectivity index (χ4n) is 10.5. The zero-order chi connectivity index (χ0) is 29.7. The van der Waals surface area contributed by atoms with Crippen molar-refractivity contribution in [1.29, 1.82) is 0 Å². The SMILES string of the molecule is COC(=O)CC[C@@H](C)C1CCC2C3C([C@H](NC(=O)C4CCCN4)C(=O)[C@@]21C)[C@@]1(C)CC[C@@H](C)C[C@H]1C[C@H]3OC(C)=O. The average molecular weight is 573 g/mol. The molecule has 0 spiro atoms. The minimum absolute atomic E-state index is 0.0101. The summed E-state index contributed by atoms with van der Waals surface area (Å²) in [6, 6.07) is -0.878. The summed E-state index contributed by atoms with van der Waals surface area (Å²) in [5, 5.41) is 6.66. The van der Waals surface area contributed by atoms with E-state index in [1.54, 1.807) is 0 Å². The highest BCUT2D eigenvalue weighted by molar-refractivity contribution is 5.96. The number of carbonyl (C=O) groups is 4. The fourth-order valence-corrected chi connectivity index (χ4v) is 10.5. The lowest BCUT2D eigenvalue weighted by molar-refractivity contribution is -0.199. The summed E-state index contributed by atoms with van der Waals surface area (Å²) in [6.07, 6.45) is 8.29. The van der Waals surface area contributed by atoms with Gasteiger partial charge in [0.2, 0.25) is 5.91 Å². The standard InChI is InChI=1S/C33H52N2O6/c1-18-13-14-32(4)21(16-18)17-25(41-20(3)36)27-23-11-10-22(19(2)9-12-26(37)40-6)33(23,5)30(38)29(28(27)32)35-31(39)24-8-7-15-34-24/h18-19,21-25,27-29,34H,7-17H2,1-6H3,(H,35,39)/t18-,19-,21+,22?,23?,24?,25-,27?,28?,29+,32+,33-/m1/s1. The Hall–Kier alpha value is -1.96. The van der Waals surface area contributed by atoms with E-state index < -0.39 is 11.5 Å². The smallest absolute Gasteiger partial charge is 0.305 e. The third-order valence-corrected chi connectivity index (χ3v) is 12.6. The highest BCUT2D eigenvalue weighted by Gasteiger charge is 2.70. The first-order valence-corrected chi connectivity index (χ1v) is 16.2. The van der Waals surface area contributed by atoms with Gasteiger partial charge in [-0.15, -0.1) is 0 Å². The second-order valence-corrected chi connectivity index (χ2v) is 14.7. The molecule has 5 rings (SSSR count). The molecule has 0 aromatic heterocycles. The minimum atomic E-state index is -0.665. The largest absolute Gasteiger partial charge is 0.469 e. The Morgan fingerprint density at radius 2 is 1.88 bits per heavy atom. The molecule has 0 aromatic rings. The molecule has 0 aromatic carbocycles. The average Bonchev–Trinajstić information content (AvgIpc) is 3.59. The molecule has 5 unspecified atom stereocenters. The normalized spacial score (nSPS) is 44.2. The van der Waals surface area contributed by atoms with Crippen molar-refractivity contribution in [2.24, 2.45) is 52.3 Å². The number of hydrogen-bond acceptors (Lipinski definition) is 7. The molecule has 41 heavy (non-hydrogen) atoms. The van der Waals surface area contributed by atoms with Gasteiger partial charge in [-0.1, -0.05) is 34.1 Å². The molecule has 8 heteroatoms. The third kappa shape index (κ3) is 5.25. The van der Waals surface area contributed by atoms with Gasteiger partial charge in [0.1, 0.15) is 6.10 Å². The molecular formula is C33H52N2O6. The number of amides is 1. The number of ether oxygens (including phenoxy) is 2. The monoisotopic (exact) mass is 572 g/mol. The molecule has 0 radical (unpaired) electrons. The van der Waals surface area contributed by atoms with E-state index in [2.05, 4.69) is 38.3 Å². The number of carbonyl (C=O) groups excluding carboxylic acids is 4. The zero-order valence-corrected chi connectivity index (χ0v) is 26.0. The molecule has 12 atom stereocenters. The number of esters is 2. The first-order chi connectivity index (χ1) is 19.4. The highest BCUT2D eigenvalue weighted by Crippen LogP contribution is 2.68. The van der Waals surface area contributed by atoms with Crippen molar-refractivity contribution in [3.63, 3.8) is 0 Å². The van der Waals surface area contributed by atoms with Crippen molar-refractivity contribution >= 4 is 23.6 Å². The quantitative estimate of drug-likeness (QED) is 0.434. The summed E-state index contributed by atoms with van der Waals surface area (Å²) in [6.45, 7) is 11.3. The topological polar surface area (TPSA) is 111 Å². The van der Waals surface area contributed by atoms with E-state index >= 15 is 4.79 Å². The van der Waals surface area contributed by atoms with Gasteiger partial charge < -0.3 is 20.1 Å². The maximum absolute atomic E-state index is 15.0. The van der Waals surface area contributed by atoms with Crippen molar-refractivity contribution in [2.45, 2.75) is 117 Å². The molecule has 1 aliphatic heterocycles. The molecule has 1 heterocycles. The second-order valence-electron chi connectivity index (χ2n) is 14.7. The van der Waals surface area contributed by atoms with Crippen LogP contribution in [0.1, 0.15) is 98.8 Å². The number of methoxy groups -OCH3 is 1. The molecule has 5 aliphatic rings. The molecule has 230 valence electrons. The van der Waals surface area contributed by atoms with E-state index in [4.69, 9.17) is 9.47 Å².